The fraction of sp³-hybridized carbons (Fsp3) is 0.895. The number of hydrogen-bond donors (Lipinski definition) is 3. The minimum Gasteiger partial charge on any atom is -0.354 e. The van der Waals surface area contributed by atoms with Crippen molar-refractivity contribution in [3.8, 4) is 0 Å². The number of carbonyl (C=O) groups is 2. The van der Waals surface area contributed by atoms with Gasteiger partial charge in [-0.2, -0.15) is 0 Å². The molecule has 2 amide bonds. The van der Waals surface area contributed by atoms with Crippen LogP contribution in [0.15, 0.2) is 0 Å². The van der Waals surface area contributed by atoms with Crippen LogP contribution in [-0.4, -0.2) is 37.0 Å². The second kappa shape index (κ2) is 10.4. The van der Waals surface area contributed by atoms with Gasteiger partial charge in [-0.15, -0.1) is 12.4 Å². The number of rotatable bonds is 6. The summed E-state index contributed by atoms with van der Waals surface area (Å²) in [5.74, 6) is 1.50. The van der Waals surface area contributed by atoms with Gasteiger partial charge in [-0.25, -0.2) is 0 Å². The highest BCUT2D eigenvalue weighted by Crippen LogP contribution is 2.33. The summed E-state index contributed by atoms with van der Waals surface area (Å²) in [6.07, 6.45) is 13.0. The van der Waals surface area contributed by atoms with Crippen LogP contribution in [0.4, 0.5) is 0 Å². The summed E-state index contributed by atoms with van der Waals surface area (Å²) in [4.78, 5) is 24.2. The van der Waals surface area contributed by atoms with E-state index in [9.17, 15) is 9.59 Å². The molecule has 3 rings (SSSR count). The van der Waals surface area contributed by atoms with Crippen LogP contribution in [0.25, 0.3) is 0 Å². The molecule has 3 unspecified atom stereocenters. The van der Waals surface area contributed by atoms with E-state index in [1.807, 2.05) is 0 Å². The highest BCUT2D eigenvalue weighted by Gasteiger charge is 2.37. The zero-order valence-electron chi connectivity index (χ0n) is 15.2. The molecule has 0 radical (unpaired) electrons. The quantitative estimate of drug-likeness (QED) is 0.628. The molecule has 1 heterocycles. The van der Waals surface area contributed by atoms with Crippen LogP contribution < -0.4 is 16.0 Å². The summed E-state index contributed by atoms with van der Waals surface area (Å²) in [7, 11) is 0. The molecule has 25 heavy (non-hydrogen) atoms. The lowest BCUT2D eigenvalue weighted by atomic mass is 9.85. The average molecular weight is 372 g/mol. The molecule has 6 heteroatoms. The minimum atomic E-state index is -0.0314. The van der Waals surface area contributed by atoms with E-state index in [4.69, 9.17) is 0 Å². The largest absolute Gasteiger partial charge is 0.354 e. The lowest BCUT2D eigenvalue weighted by molar-refractivity contribution is -0.124. The van der Waals surface area contributed by atoms with Crippen molar-refractivity contribution in [1.82, 2.24) is 16.0 Å². The van der Waals surface area contributed by atoms with Crippen LogP contribution in [0.2, 0.25) is 0 Å². The fourth-order valence-electron chi connectivity index (χ4n) is 4.76. The van der Waals surface area contributed by atoms with E-state index >= 15 is 0 Å². The predicted molar refractivity (Wildman–Crippen MR) is 102 cm³/mol. The Morgan fingerprint density at radius 1 is 0.880 bits per heavy atom. The molecule has 2 aliphatic carbocycles. The van der Waals surface area contributed by atoms with Gasteiger partial charge >= 0.3 is 0 Å². The normalized spacial score (nSPS) is 29.4. The molecule has 3 fully saturated rings. The third-order valence-electron chi connectivity index (χ3n) is 6.12. The van der Waals surface area contributed by atoms with Crippen LogP contribution >= 0.6 is 12.4 Å². The number of nitrogens with one attached hydrogen (secondary N) is 3. The van der Waals surface area contributed by atoms with Gasteiger partial charge in [0.25, 0.3) is 0 Å². The average Bonchev–Trinajstić information content (AvgIpc) is 3.04. The summed E-state index contributed by atoms with van der Waals surface area (Å²) in [5.41, 5.74) is 0. The second-order valence-electron chi connectivity index (χ2n) is 7.96. The summed E-state index contributed by atoms with van der Waals surface area (Å²) >= 11 is 0. The van der Waals surface area contributed by atoms with E-state index in [-0.39, 0.29) is 30.3 Å². The van der Waals surface area contributed by atoms with Crippen molar-refractivity contribution in [2.24, 2.45) is 11.8 Å². The zero-order valence-corrected chi connectivity index (χ0v) is 16.0. The first-order valence-corrected chi connectivity index (χ1v) is 10.0. The smallest absolute Gasteiger partial charge is 0.237 e. The first kappa shape index (κ1) is 20.5. The van der Waals surface area contributed by atoms with Crippen molar-refractivity contribution in [2.45, 2.75) is 82.7 Å². The van der Waals surface area contributed by atoms with Gasteiger partial charge in [-0.1, -0.05) is 32.1 Å². The molecule has 2 saturated carbocycles. The van der Waals surface area contributed by atoms with E-state index in [0.29, 0.717) is 37.4 Å². The lowest BCUT2D eigenvalue weighted by Crippen LogP contribution is -2.45. The molecule has 0 spiro atoms. The molecular weight excluding hydrogens is 338 g/mol. The van der Waals surface area contributed by atoms with Crippen LogP contribution in [0.3, 0.4) is 0 Å². The fourth-order valence-corrected chi connectivity index (χ4v) is 4.76. The number of hydrogen-bond acceptors (Lipinski definition) is 3. The number of halogens is 1. The lowest BCUT2D eigenvalue weighted by Gasteiger charge is -2.24. The maximum atomic E-state index is 12.3. The van der Waals surface area contributed by atoms with Crippen LogP contribution in [0.1, 0.15) is 70.6 Å². The van der Waals surface area contributed by atoms with Crippen molar-refractivity contribution >= 4 is 24.2 Å². The first-order chi connectivity index (χ1) is 11.7. The van der Waals surface area contributed by atoms with E-state index in [0.717, 1.165) is 6.42 Å². The van der Waals surface area contributed by atoms with E-state index < -0.39 is 0 Å². The molecular formula is C19H34ClN3O2. The Morgan fingerprint density at radius 3 is 2.32 bits per heavy atom. The second-order valence-corrected chi connectivity index (χ2v) is 7.96. The molecule has 0 bridgehead atoms. The van der Waals surface area contributed by atoms with E-state index in [1.165, 1.54) is 57.8 Å². The summed E-state index contributed by atoms with van der Waals surface area (Å²) in [5, 5.41) is 9.43. The van der Waals surface area contributed by atoms with Crippen molar-refractivity contribution < 1.29 is 9.59 Å². The van der Waals surface area contributed by atoms with Gasteiger partial charge in [-0.3, -0.25) is 9.59 Å². The molecule has 1 saturated heterocycles. The van der Waals surface area contributed by atoms with Crippen molar-refractivity contribution in [3.05, 3.63) is 0 Å². The van der Waals surface area contributed by atoms with Crippen molar-refractivity contribution in [1.29, 1.82) is 0 Å². The predicted octanol–water partition coefficient (Wildman–Crippen LogP) is 2.53. The van der Waals surface area contributed by atoms with Gasteiger partial charge in [0.05, 0.1) is 6.04 Å². The Bertz CT molecular complexity index is 426. The SMILES string of the molecule is Cl.O=C(CC1CCCCC1)NCCNC(=O)C1CC2CCCCC2N1. The third-order valence-corrected chi connectivity index (χ3v) is 6.12. The molecule has 0 aromatic carbocycles. The van der Waals surface area contributed by atoms with Crippen LogP contribution in [-0.2, 0) is 9.59 Å². The Hall–Kier alpha value is -0.810. The van der Waals surface area contributed by atoms with Gasteiger partial charge in [0.1, 0.15) is 0 Å². The number of carbonyl (C=O) groups excluding carboxylic acids is 2. The Kier molecular flexibility index (Phi) is 8.50. The molecule has 5 nitrogen and oxygen atoms in total. The maximum Gasteiger partial charge on any atom is 0.237 e. The summed E-state index contributed by atoms with van der Waals surface area (Å²) in [6.45, 7) is 1.07. The number of amides is 2. The molecule has 0 aromatic heterocycles. The molecule has 3 atom stereocenters. The van der Waals surface area contributed by atoms with Gasteiger partial charge < -0.3 is 16.0 Å². The molecule has 1 aliphatic heterocycles. The summed E-state index contributed by atoms with van der Waals surface area (Å²) in [6, 6.07) is 0.515. The number of fused-ring (bicyclic) bond motifs is 1. The van der Waals surface area contributed by atoms with Crippen LogP contribution in [0.5, 0.6) is 0 Å². The van der Waals surface area contributed by atoms with Gasteiger partial charge in [0.15, 0.2) is 0 Å². The molecule has 3 aliphatic rings. The van der Waals surface area contributed by atoms with Gasteiger partial charge in [0.2, 0.25) is 11.8 Å². The first-order valence-electron chi connectivity index (χ1n) is 10.0. The zero-order chi connectivity index (χ0) is 16.8. The highest BCUT2D eigenvalue weighted by molar-refractivity contribution is 5.85. The third kappa shape index (κ3) is 6.14. The van der Waals surface area contributed by atoms with Gasteiger partial charge in [0, 0.05) is 25.6 Å². The Morgan fingerprint density at radius 2 is 1.56 bits per heavy atom. The molecule has 3 N–H and O–H groups in total. The Labute approximate surface area is 157 Å². The molecule has 0 aromatic rings. The summed E-state index contributed by atoms with van der Waals surface area (Å²) < 4.78 is 0. The standard InChI is InChI=1S/C19H33N3O2.ClH/c23-18(12-14-6-2-1-3-7-14)20-10-11-21-19(24)17-13-15-8-4-5-9-16(15)22-17;/h14-17,22H,1-13H2,(H,20,23)(H,21,24);1H. The van der Waals surface area contributed by atoms with E-state index in [1.54, 1.807) is 0 Å². The minimum absolute atomic E-state index is 0. The topological polar surface area (TPSA) is 70.2 Å². The van der Waals surface area contributed by atoms with Crippen LogP contribution in [0, 0.1) is 11.8 Å². The Balaban J connectivity index is 0.00000225. The van der Waals surface area contributed by atoms with E-state index in [2.05, 4.69) is 16.0 Å². The van der Waals surface area contributed by atoms with Gasteiger partial charge in [-0.05, 0) is 43.9 Å². The van der Waals surface area contributed by atoms with Crippen molar-refractivity contribution in [3.63, 3.8) is 0 Å². The van der Waals surface area contributed by atoms with Crippen molar-refractivity contribution in [2.75, 3.05) is 13.1 Å². The molecule has 144 valence electrons. The highest BCUT2D eigenvalue weighted by atomic mass is 35.5. The monoisotopic (exact) mass is 371 g/mol. The maximum absolute atomic E-state index is 12.3.